The largest absolute Gasteiger partial charge is 0.493 e. The topological polar surface area (TPSA) is 43.0 Å². The summed E-state index contributed by atoms with van der Waals surface area (Å²) < 4.78 is 16.9. The van der Waals surface area contributed by atoms with Gasteiger partial charge in [0.2, 0.25) is 5.75 Å². The van der Waals surface area contributed by atoms with Crippen molar-refractivity contribution in [1.82, 2.24) is 10.2 Å². The van der Waals surface area contributed by atoms with Crippen molar-refractivity contribution >= 4 is 11.6 Å². The van der Waals surface area contributed by atoms with Gasteiger partial charge < -0.3 is 19.5 Å². The van der Waals surface area contributed by atoms with Gasteiger partial charge in [-0.15, -0.1) is 0 Å². The lowest BCUT2D eigenvalue weighted by Crippen LogP contribution is -2.33. The highest BCUT2D eigenvalue weighted by molar-refractivity contribution is 6.30. The average molecular weight is 391 g/mol. The molecule has 3 rings (SSSR count). The van der Waals surface area contributed by atoms with Gasteiger partial charge in [-0.3, -0.25) is 4.90 Å². The molecule has 27 heavy (non-hydrogen) atoms. The highest BCUT2D eigenvalue weighted by Crippen LogP contribution is 2.45. The summed E-state index contributed by atoms with van der Waals surface area (Å²) in [6.07, 6.45) is 1.09. The number of nitrogens with one attached hydrogen (secondary N) is 1. The van der Waals surface area contributed by atoms with E-state index in [1.54, 1.807) is 21.3 Å². The second-order valence-corrected chi connectivity index (χ2v) is 6.96. The molecule has 1 unspecified atom stereocenters. The number of hydrogen-bond acceptors (Lipinski definition) is 5. The molecule has 2 aromatic rings. The van der Waals surface area contributed by atoms with Crippen LogP contribution in [0.15, 0.2) is 36.4 Å². The number of benzene rings is 2. The number of methoxy groups -OCH3 is 3. The first-order valence-corrected chi connectivity index (χ1v) is 9.56. The molecule has 5 nitrogen and oxygen atoms in total. The van der Waals surface area contributed by atoms with Gasteiger partial charge in [-0.25, -0.2) is 0 Å². The molecule has 146 valence electrons. The summed E-state index contributed by atoms with van der Waals surface area (Å²) in [6, 6.07) is 12.0. The third-order valence-electron chi connectivity index (χ3n) is 4.93. The molecule has 0 aromatic heterocycles. The van der Waals surface area contributed by atoms with E-state index in [2.05, 4.69) is 22.3 Å². The van der Waals surface area contributed by atoms with Crippen molar-refractivity contribution in [2.24, 2.45) is 0 Å². The van der Waals surface area contributed by atoms with Crippen molar-refractivity contribution in [2.45, 2.75) is 12.5 Å². The first-order chi connectivity index (χ1) is 13.2. The molecule has 0 radical (unpaired) electrons. The fraction of sp³-hybridized carbons (Fsp3) is 0.429. The molecule has 1 heterocycles. The molecule has 1 atom stereocenters. The minimum Gasteiger partial charge on any atom is -0.493 e. The normalized spacial score (nSPS) is 16.4. The van der Waals surface area contributed by atoms with Gasteiger partial charge in [0.05, 0.1) is 27.4 Å². The van der Waals surface area contributed by atoms with E-state index >= 15 is 0 Å². The van der Waals surface area contributed by atoms with Crippen molar-refractivity contribution in [3.63, 3.8) is 0 Å². The highest BCUT2D eigenvalue weighted by Gasteiger charge is 2.29. The zero-order valence-corrected chi connectivity index (χ0v) is 16.9. The molecule has 1 saturated heterocycles. The molecular weight excluding hydrogens is 364 g/mol. The fourth-order valence-electron chi connectivity index (χ4n) is 3.73. The van der Waals surface area contributed by atoms with Gasteiger partial charge in [-0.2, -0.15) is 0 Å². The van der Waals surface area contributed by atoms with Crippen LogP contribution >= 0.6 is 11.6 Å². The zero-order chi connectivity index (χ0) is 19.2. The lowest BCUT2D eigenvalue weighted by atomic mass is 9.95. The molecule has 0 bridgehead atoms. The Bertz CT molecular complexity index is 761. The van der Waals surface area contributed by atoms with Crippen LogP contribution in [0.4, 0.5) is 0 Å². The molecule has 2 aromatic carbocycles. The Morgan fingerprint density at radius 2 is 1.78 bits per heavy atom. The van der Waals surface area contributed by atoms with Crippen LogP contribution in [0.3, 0.4) is 0 Å². The Labute approximate surface area is 166 Å². The Kier molecular flexibility index (Phi) is 6.83. The van der Waals surface area contributed by atoms with E-state index in [1.807, 2.05) is 24.3 Å². The van der Waals surface area contributed by atoms with E-state index in [0.29, 0.717) is 17.2 Å². The SMILES string of the molecule is COc1ccc(C(c2cccc(Cl)c2)N2CCCNCC2)c(OC)c1OC. The average Bonchev–Trinajstić information content (AvgIpc) is 2.97. The number of ether oxygens (including phenoxy) is 3. The molecule has 0 amide bonds. The quantitative estimate of drug-likeness (QED) is 0.813. The van der Waals surface area contributed by atoms with Gasteiger partial charge >= 0.3 is 0 Å². The van der Waals surface area contributed by atoms with Gasteiger partial charge in [0.1, 0.15) is 0 Å². The monoisotopic (exact) mass is 390 g/mol. The summed E-state index contributed by atoms with van der Waals surface area (Å²) in [4.78, 5) is 2.47. The maximum atomic E-state index is 6.32. The van der Waals surface area contributed by atoms with E-state index in [-0.39, 0.29) is 6.04 Å². The lowest BCUT2D eigenvalue weighted by molar-refractivity contribution is 0.233. The number of nitrogens with zero attached hydrogens (tertiary/aromatic N) is 1. The maximum absolute atomic E-state index is 6.32. The number of halogens is 1. The Morgan fingerprint density at radius 1 is 0.963 bits per heavy atom. The molecule has 1 N–H and O–H groups in total. The van der Waals surface area contributed by atoms with Crippen LogP contribution in [0, 0.1) is 0 Å². The minimum atomic E-state index is 0.0124. The van der Waals surface area contributed by atoms with Crippen LogP contribution in [-0.4, -0.2) is 52.4 Å². The lowest BCUT2D eigenvalue weighted by Gasteiger charge is -2.33. The fourth-order valence-corrected chi connectivity index (χ4v) is 3.93. The highest BCUT2D eigenvalue weighted by atomic mass is 35.5. The van der Waals surface area contributed by atoms with E-state index in [9.17, 15) is 0 Å². The third-order valence-corrected chi connectivity index (χ3v) is 5.17. The summed E-state index contributed by atoms with van der Waals surface area (Å²) in [5, 5.41) is 4.20. The van der Waals surface area contributed by atoms with Gasteiger partial charge in [0.25, 0.3) is 0 Å². The van der Waals surface area contributed by atoms with E-state index in [1.165, 1.54) is 0 Å². The smallest absolute Gasteiger partial charge is 0.203 e. The maximum Gasteiger partial charge on any atom is 0.203 e. The second kappa shape index (κ2) is 9.31. The van der Waals surface area contributed by atoms with Crippen molar-refractivity contribution in [2.75, 3.05) is 47.5 Å². The van der Waals surface area contributed by atoms with Crippen molar-refractivity contribution in [3.8, 4) is 17.2 Å². The van der Waals surface area contributed by atoms with Gasteiger partial charge in [-0.05, 0) is 42.8 Å². The van der Waals surface area contributed by atoms with Crippen LogP contribution in [-0.2, 0) is 0 Å². The first kappa shape index (κ1) is 19.8. The number of hydrogen-bond donors (Lipinski definition) is 1. The predicted molar refractivity (Wildman–Crippen MR) is 108 cm³/mol. The van der Waals surface area contributed by atoms with Crippen LogP contribution in [0.5, 0.6) is 17.2 Å². The first-order valence-electron chi connectivity index (χ1n) is 9.18. The molecule has 1 aliphatic heterocycles. The molecule has 1 fully saturated rings. The van der Waals surface area contributed by atoms with Crippen LogP contribution < -0.4 is 19.5 Å². The third kappa shape index (κ3) is 4.32. The van der Waals surface area contributed by atoms with E-state index < -0.39 is 0 Å². The van der Waals surface area contributed by atoms with Crippen molar-refractivity contribution in [1.29, 1.82) is 0 Å². The molecular formula is C21H27ClN2O3. The minimum absolute atomic E-state index is 0.0124. The Morgan fingerprint density at radius 3 is 2.48 bits per heavy atom. The predicted octanol–water partition coefficient (Wildman–Crippen LogP) is 3.75. The number of rotatable bonds is 6. The molecule has 0 saturated carbocycles. The Balaban J connectivity index is 2.15. The van der Waals surface area contributed by atoms with Crippen molar-refractivity contribution < 1.29 is 14.2 Å². The van der Waals surface area contributed by atoms with Gasteiger partial charge in [0, 0.05) is 30.2 Å². The molecule has 0 aliphatic carbocycles. The van der Waals surface area contributed by atoms with Crippen molar-refractivity contribution in [3.05, 3.63) is 52.5 Å². The van der Waals surface area contributed by atoms with Crippen LogP contribution in [0.2, 0.25) is 5.02 Å². The standard InChI is InChI=1S/C21H27ClN2O3/c1-25-18-9-8-17(20(26-2)21(18)27-3)19(15-6-4-7-16(22)14-15)24-12-5-10-23-11-13-24/h4,6-9,14,19,23H,5,10-13H2,1-3H3. The van der Waals surface area contributed by atoms with Crippen LogP contribution in [0.1, 0.15) is 23.6 Å². The summed E-state index contributed by atoms with van der Waals surface area (Å²) in [7, 11) is 4.93. The van der Waals surface area contributed by atoms with Gasteiger partial charge in [-0.1, -0.05) is 23.7 Å². The molecule has 6 heteroatoms. The Hall–Kier alpha value is -1.95. The summed E-state index contributed by atoms with van der Waals surface area (Å²) in [5.74, 6) is 1.96. The van der Waals surface area contributed by atoms with E-state index in [4.69, 9.17) is 25.8 Å². The van der Waals surface area contributed by atoms with Crippen LogP contribution in [0.25, 0.3) is 0 Å². The summed E-state index contributed by atoms with van der Waals surface area (Å²) in [6.45, 7) is 3.91. The second-order valence-electron chi connectivity index (χ2n) is 6.52. The summed E-state index contributed by atoms with van der Waals surface area (Å²) in [5.41, 5.74) is 2.18. The summed E-state index contributed by atoms with van der Waals surface area (Å²) >= 11 is 6.32. The van der Waals surface area contributed by atoms with Gasteiger partial charge in [0.15, 0.2) is 11.5 Å². The van der Waals surface area contributed by atoms with E-state index in [0.717, 1.165) is 48.7 Å². The zero-order valence-electron chi connectivity index (χ0n) is 16.1. The molecule has 1 aliphatic rings. The molecule has 0 spiro atoms.